The van der Waals surface area contributed by atoms with Gasteiger partial charge in [-0.1, -0.05) is 5.16 Å². The van der Waals surface area contributed by atoms with Crippen LogP contribution in [0, 0.1) is 13.8 Å². The van der Waals surface area contributed by atoms with Crippen molar-refractivity contribution in [3.05, 3.63) is 35.7 Å². The third-order valence-electron chi connectivity index (χ3n) is 4.36. The molecule has 1 saturated heterocycles. The van der Waals surface area contributed by atoms with Crippen molar-refractivity contribution in [3.63, 3.8) is 0 Å². The Kier molecular flexibility index (Phi) is 5.01. The van der Waals surface area contributed by atoms with Crippen LogP contribution in [0.2, 0.25) is 0 Å². The van der Waals surface area contributed by atoms with Crippen LogP contribution in [0.3, 0.4) is 0 Å². The highest BCUT2D eigenvalue weighted by molar-refractivity contribution is 7.89. The van der Waals surface area contributed by atoms with E-state index < -0.39 is 10.0 Å². The van der Waals surface area contributed by atoms with E-state index in [2.05, 4.69) is 15.4 Å². The lowest BCUT2D eigenvalue weighted by Crippen LogP contribution is -2.48. The van der Waals surface area contributed by atoms with E-state index in [0.29, 0.717) is 37.6 Å². The van der Waals surface area contributed by atoms with Crippen LogP contribution in [0.25, 0.3) is 0 Å². The summed E-state index contributed by atoms with van der Waals surface area (Å²) >= 11 is 0. The van der Waals surface area contributed by atoms with E-state index in [1.54, 1.807) is 13.8 Å². The molecule has 0 saturated carbocycles. The molecule has 1 amide bonds. The lowest BCUT2D eigenvalue weighted by Gasteiger charge is -2.35. The first kappa shape index (κ1) is 18.4. The normalized spacial score (nSPS) is 15.9. The van der Waals surface area contributed by atoms with Crippen molar-refractivity contribution in [3.8, 4) is 0 Å². The number of nitrogens with one attached hydrogen (secondary N) is 1. The molecule has 1 fully saturated rings. The fourth-order valence-corrected chi connectivity index (χ4v) is 4.83. The van der Waals surface area contributed by atoms with Crippen molar-refractivity contribution < 1.29 is 17.7 Å². The van der Waals surface area contributed by atoms with E-state index in [1.165, 1.54) is 11.2 Å². The summed E-state index contributed by atoms with van der Waals surface area (Å²) in [4.78, 5) is 13.4. The molecule has 1 aliphatic heterocycles. The minimum atomic E-state index is -3.60. The number of anilines is 2. The number of sulfonamides is 1. The van der Waals surface area contributed by atoms with Crippen LogP contribution < -0.4 is 10.2 Å². The predicted octanol–water partition coefficient (Wildman–Crippen LogP) is 1.76. The maximum atomic E-state index is 12.8. The topological polar surface area (TPSA) is 95.8 Å². The van der Waals surface area contributed by atoms with Gasteiger partial charge in [-0.2, -0.15) is 4.31 Å². The minimum absolute atomic E-state index is 0.115. The molecule has 1 aliphatic rings. The molecular formula is C17H22N4O4S. The van der Waals surface area contributed by atoms with Crippen LogP contribution in [0.15, 0.2) is 33.7 Å². The summed E-state index contributed by atoms with van der Waals surface area (Å²) in [6.45, 7) is 6.66. The molecule has 0 radical (unpaired) electrons. The Morgan fingerprint density at radius 2 is 1.73 bits per heavy atom. The van der Waals surface area contributed by atoms with Crippen LogP contribution in [0.5, 0.6) is 0 Å². The molecule has 1 N–H and O–H groups in total. The van der Waals surface area contributed by atoms with Crippen molar-refractivity contribution >= 4 is 27.3 Å². The number of hydrogen-bond donors (Lipinski definition) is 1. The highest BCUT2D eigenvalue weighted by atomic mass is 32.2. The number of piperazine rings is 1. The van der Waals surface area contributed by atoms with Crippen molar-refractivity contribution in [1.29, 1.82) is 0 Å². The van der Waals surface area contributed by atoms with Gasteiger partial charge in [0.2, 0.25) is 15.9 Å². The number of benzene rings is 1. The smallest absolute Gasteiger partial charge is 0.248 e. The molecule has 3 rings (SSSR count). The Balaban J connectivity index is 1.68. The summed E-state index contributed by atoms with van der Waals surface area (Å²) in [5, 5.41) is 6.48. The number of nitrogens with zero attached hydrogens (tertiary/aromatic N) is 3. The first-order valence-electron chi connectivity index (χ1n) is 8.34. The monoisotopic (exact) mass is 378 g/mol. The quantitative estimate of drug-likeness (QED) is 0.871. The fourth-order valence-electron chi connectivity index (χ4n) is 3.12. The van der Waals surface area contributed by atoms with E-state index in [4.69, 9.17) is 4.52 Å². The van der Waals surface area contributed by atoms with E-state index >= 15 is 0 Å². The van der Waals surface area contributed by atoms with Gasteiger partial charge in [0.25, 0.3) is 0 Å². The number of rotatable bonds is 4. The van der Waals surface area contributed by atoms with Gasteiger partial charge in [-0.15, -0.1) is 0 Å². The zero-order valence-electron chi connectivity index (χ0n) is 15.0. The number of carbonyl (C=O) groups excluding carboxylic acids is 1. The average molecular weight is 378 g/mol. The van der Waals surface area contributed by atoms with Gasteiger partial charge in [-0.3, -0.25) is 4.79 Å². The van der Waals surface area contributed by atoms with Crippen molar-refractivity contribution in [2.45, 2.75) is 25.7 Å². The molecule has 1 aromatic carbocycles. The lowest BCUT2D eigenvalue weighted by molar-refractivity contribution is -0.114. The number of aromatic nitrogens is 1. The van der Waals surface area contributed by atoms with Gasteiger partial charge < -0.3 is 14.7 Å². The molecule has 1 aromatic heterocycles. The number of hydrogen-bond acceptors (Lipinski definition) is 6. The van der Waals surface area contributed by atoms with Crippen LogP contribution in [0.4, 0.5) is 11.4 Å². The number of amides is 1. The molecule has 140 valence electrons. The molecule has 2 aromatic rings. The van der Waals surface area contributed by atoms with Crippen molar-refractivity contribution in [1.82, 2.24) is 9.46 Å². The Morgan fingerprint density at radius 1 is 1.12 bits per heavy atom. The minimum Gasteiger partial charge on any atom is -0.369 e. The Bertz CT molecular complexity index is 878. The third kappa shape index (κ3) is 3.58. The molecule has 0 atom stereocenters. The average Bonchev–Trinajstić information content (AvgIpc) is 2.94. The van der Waals surface area contributed by atoms with Crippen LogP contribution in [-0.4, -0.2) is 50.0 Å². The molecule has 0 spiro atoms. The summed E-state index contributed by atoms with van der Waals surface area (Å²) < 4.78 is 32.2. The van der Waals surface area contributed by atoms with E-state index in [1.807, 2.05) is 24.3 Å². The maximum absolute atomic E-state index is 12.8. The van der Waals surface area contributed by atoms with Crippen molar-refractivity contribution in [2.24, 2.45) is 0 Å². The van der Waals surface area contributed by atoms with Gasteiger partial charge in [-0.25, -0.2) is 8.42 Å². The summed E-state index contributed by atoms with van der Waals surface area (Å²) in [5.74, 6) is 0.203. The highest BCUT2D eigenvalue weighted by Gasteiger charge is 2.33. The van der Waals surface area contributed by atoms with Crippen LogP contribution in [0.1, 0.15) is 18.4 Å². The van der Waals surface area contributed by atoms with Crippen LogP contribution >= 0.6 is 0 Å². The first-order valence-corrected chi connectivity index (χ1v) is 9.78. The zero-order valence-corrected chi connectivity index (χ0v) is 15.8. The molecular weight excluding hydrogens is 356 g/mol. The van der Waals surface area contributed by atoms with Gasteiger partial charge in [-0.05, 0) is 38.1 Å². The molecule has 9 heteroatoms. The van der Waals surface area contributed by atoms with E-state index in [0.717, 1.165) is 11.4 Å². The molecule has 0 bridgehead atoms. The summed E-state index contributed by atoms with van der Waals surface area (Å²) in [5.41, 5.74) is 2.12. The Hall–Kier alpha value is -2.39. The Morgan fingerprint density at radius 3 is 2.23 bits per heavy atom. The second-order valence-electron chi connectivity index (χ2n) is 6.27. The van der Waals surface area contributed by atoms with Gasteiger partial charge in [0.15, 0.2) is 5.76 Å². The zero-order chi connectivity index (χ0) is 18.9. The maximum Gasteiger partial charge on any atom is 0.248 e. The molecule has 0 aliphatic carbocycles. The van der Waals surface area contributed by atoms with Crippen LogP contribution in [-0.2, 0) is 14.8 Å². The largest absolute Gasteiger partial charge is 0.369 e. The van der Waals surface area contributed by atoms with E-state index in [9.17, 15) is 13.2 Å². The lowest BCUT2D eigenvalue weighted by atomic mass is 10.2. The van der Waals surface area contributed by atoms with Gasteiger partial charge >= 0.3 is 0 Å². The van der Waals surface area contributed by atoms with Crippen molar-refractivity contribution in [2.75, 3.05) is 36.4 Å². The highest BCUT2D eigenvalue weighted by Crippen LogP contribution is 2.26. The molecule has 2 heterocycles. The van der Waals surface area contributed by atoms with E-state index in [-0.39, 0.29) is 10.8 Å². The summed E-state index contributed by atoms with van der Waals surface area (Å²) in [7, 11) is -3.60. The number of aryl methyl sites for hydroxylation is 2. The summed E-state index contributed by atoms with van der Waals surface area (Å²) in [6.07, 6.45) is 0. The second kappa shape index (κ2) is 7.08. The SMILES string of the molecule is CC(=O)Nc1ccc(N2CCN(S(=O)(=O)c3c(C)noc3C)CC2)cc1. The number of carbonyl (C=O) groups is 1. The molecule has 26 heavy (non-hydrogen) atoms. The Labute approximate surface area is 152 Å². The van der Waals surface area contributed by atoms with Gasteiger partial charge in [0, 0.05) is 44.5 Å². The predicted molar refractivity (Wildman–Crippen MR) is 97.7 cm³/mol. The summed E-state index contributed by atoms with van der Waals surface area (Å²) in [6, 6.07) is 7.51. The second-order valence-corrected chi connectivity index (χ2v) is 8.15. The molecule has 0 unspecified atom stereocenters. The molecule has 8 nitrogen and oxygen atoms in total. The standard InChI is InChI=1S/C17H22N4O4S/c1-12-17(13(2)25-19-12)26(23,24)21-10-8-20(9-11-21)16-6-4-15(5-7-16)18-14(3)22/h4-7H,8-11H2,1-3H3,(H,18,22). The first-order chi connectivity index (χ1) is 12.3. The third-order valence-corrected chi connectivity index (χ3v) is 6.50. The van der Waals surface area contributed by atoms with Gasteiger partial charge in [0.05, 0.1) is 0 Å². The van der Waals surface area contributed by atoms with Gasteiger partial charge in [0.1, 0.15) is 10.6 Å². The fraction of sp³-hybridized carbons (Fsp3) is 0.412.